The van der Waals surface area contributed by atoms with Crippen LogP contribution in [0.4, 0.5) is 0 Å². The minimum Gasteiger partial charge on any atom is -0.478 e. The number of carboxylic acid groups (broad SMARTS) is 1. The summed E-state index contributed by atoms with van der Waals surface area (Å²) in [7, 11) is 0. The molecule has 1 aromatic heterocycles. The molecule has 0 fully saturated rings. The maximum Gasteiger partial charge on any atom is 0.335 e. The quantitative estimate of drug-likeness (QED) is 0.874. The lowest BCUT2D eigenvalue weighted by Gasteiger charge is -2.09. The van der Waals surface area contributed by atoms with Gasteiger partial charge in [0, 0.05) is 11.3 Å². The molecule has 0 saturated heterocycles. The predicted octanol–water partition coefficient (Wildman–Crippen LogP) is 3.35. The molecular formula is C13H13ClN2O2. The summed E-state index contributed by atoms with van der Waals surface area (Å²) < 4.78 is 0. The van der Waals surface area contributed by atoms with Crippen LogP contribution in [0.5, 0.6) is 0 Å². The highest BCUT2D eigenvalue weighted by Crippen LogP contribution is 2.33. The number of rotatable bonds is 2. The molecule has 0 amide bonds. The van der Waals surface area contributed by atoms with Gasteiger partial charge in [0.05, 0.1) is 16.3 Å². The van der Waals surface area contributed by atoms with Crippen LogP contribution in [0.2, 0.25) is 5.02 Å². The monoisotopic (exact) mass is 264 g/mol. The number of H-pyrrole nitrogens is 1. The molecule has 2 N–H and O–H groups in total. The van der Waals surface area contributed by atoms with Crippen LogP contribution in [0.15, 0.2) is 12.1 Å². The Kier molecular flexibility index (Phi) is 3.13. The lowest BCUT2D eigenvalue weighted by atomic mass is 9.99. The summed E-state index contributed by atoms with van der Waals surface area (Å²) in [5, 5.41) is 9.64. The number of aryl methyl sites for hydroxylation is 2. The Hall–Kier alpha value is -1.81. The van der Waals surface area contributed by atoms with Crippen LogP contribution in [-0.4, -0.2) is 21.0 Å². The molecule has 1 aromatic carbocycles. The highest BCUT2D eigenvalue weighted by atomic mass is 35.5. The standard InChI is InChI=1S/C13H13ClN2O2/c1-6-9(13(17)18)4-5-10(14)11(6)12-7(2)15-8(3)16-12/h4-5H,1-3H3,(H,15,16)(H,17,18). The van der Waals surface area contributed by atoms with Gasteiger partial charge in [0.2, 0.25) is 0 Å². The van der Waals surface area contributed by atoms with Crippen molar-refractivity contribution in [2.24, 2.45) is 0 Å². The van der Waals surface area contributed by atoms with Crippen molar-refractivity contribution in [3.8, 4) is 11.3 Å². The number of hydrogen-bond acceptors (Lipinski definition) is 2. The van der Waals surface area contributed by atoms with E-state index in [1.54, 1.807) is 13.0 Å². The van der Waals surface area contributed by atoms with Crippen LogP contribution in [0.25, 0.3) is 11.3 Å². The second-order valence-corrected chi connectivity index (χ2v) is 4.60. The molecule has 0 radical (unpaired) electrons. The van der Waals surface area contributed by atoms with Gasteiger partial charge >= 0.3 is 5.97 Å². The van der Waals surface area contributed by atoms with Crippen molar-refractivity contribution in [2.75, 3.05) is 0 Å². The molecule has 0 bridgehead atoms. The number of nitrogens with one attached hydrogen (secondary N) is 1. The maximum atomic E-state index is 11.1. The Morgan fingerprint density at radius 2 is 2.00 bits per heavy atom. The zero-order valence-electron chi connectivity index (χ0n) is 10.3. The molecule has 0 atom stereocenters. The van der Waals surface area contributed by atoms with Crippen molar-refractivity contribution < 1.29 is 9.90 Å². The lowest BCUT2D eigenvalue weighted by molar-refractivity contribution is 0.0696. The van der Waals surface area contributed by atoms with E-state index in [2.05, 4.69) is 9.97 Å². The molecule has 0 spiro atoms. The summed E-state index contributed by atoms with van der Waals surface area (Å²) in [5.41, 5.74) is 3.13. The Labute approximate surface area is 110 Å². The van der Waals surface area contributed by atoms with Gasteiger partial charge in [-0.15, -0.1) is 0 Å². The summed E-state index contributed by atoms with van der Waals surface area (Å²) in [4.78, 5) is 18.6. The molecule has 0 unspecified atom stereocenters. The van der Waals surface area contributed by atoms with E-state index in [1.165, 1.54) is 6.07 Å². The SMILES string of the molecule is Cc1nc(-c2c(Cl)ccc(C(=O)O)c2C)c(C)[nH]1. The van der Waals surface area contributed by atoms with Gasteiger partial charge in [-0.3, -0.25) is 0 Å². The first-order valence-electron chi connectivity index (χ1n) is 5.47. The molecule has 18 heavy (non-hydrogen) atoms. The zero-order chi connectivity index (χ0) is 13.4. The van der Waals surface area contributed by atoms with Gasteiger partial charge < -0.3 is 10.1 Å². The number of nitrogens with zero attached hydrogens (tertiary/aromatic N) is 1. The summed E-state index contributed by atoms with van der Waals surface area (Å²) in [6, 6.07) is 3.11. The predicted molar refractivity (Wildman–Crippen MR) is 70.2 cm³/mol. The number of halogens is 1. The molecule has 0 saturated carbocycles. The molecule has 4 nitrogen and oxygen atoms in total. The molecule has 5 heteroatoms. The number of hydrogen-bond donors (Lipinski definition) is 2. The van der Waals surface area contributed by atoms with Gasteiger partial charge in [-0.05, 0) is 38.5 Å². The Balaban J connectivity index is 2.74. The fourth-order valence-corrected chi connectivity index (χ4v) is 2.35. The van der Waals surface area contributed by atoms with Gasteiger partial charge in [-0.2, -0.15) is 0 Å². The lowest BCUT2D eigenvalue weighted by Crippen LogP contribution is -2.02. The molecule has 2 rings (SSSR count). The van der Waals surface area contributed by atoms with E-state index in [-0.39, 0.29) is 5.56 Å². The number of carbonyl (C=O) groups is 1. The van der Waals surface area contributed by atoms with Crippen LogP contribution in [0, 0.1) is 20.8 Å². The van der Waals surface area contributed by atoms with Gasteiger partial charge in [0.15, 0.2) is 0 Å². The molecule has 0 aliphatic carbocycles. The van der Waals surface area contributed by atoms with E-state index in [4.69, 9.17) is 16.7 Å². The first-order chi connectivity index (χ1) is 8.41. The maximum absolute atomic E-state index is 11.1. The van der Waals surface area contributed by atoms with Crippen LogP contribution >= 0.6 is 11.6 Å². The van der Waals surface area contributed by atoms with E-state index >= 15 is 0 Å². The first kappa shape index (κ1) is 12.6. The fourth-order valence-electron chi connectivity index (χ4n) is 2.05. The third-order valence-corrected chi connectivity index (χ3v) is 3.20. The Bertz CT molecular complexity index is 632. The van der Waals surface area contributed by atoms with E-state index in [0.717, 1.165) is 11.5 Å². The number of aromatic carboxylic acids is 1. The third-order valence-electron chi connectivity index (χ3n) is 2.88. The average molecular weight is 265 g/mol. The third kappa shape index (κ3) is 1.99. The zero-order valence-corrected chi connectivity index (χ0v) is 11.1. The minimum absolute atomic E-state index is 0.245. The highest BCUT2D eigenvalue weighted by molar-refractivity contribution is 6.33. The van der Waals surface area contributed by atoms with Crippen molar-refractivity contribution >= 4 is 17.6 Å². The van der Waals surface area contributed by atoms with Crippen LogP contribution < -0.4 is 0 Å². The number of benzene rings is 1. The fraction of sp³-hybridized carbons (Fsp3) is 0.231. The minimum atomic E-state index is -0.963. The second-order valence-electron chi connectivity index (χ2n) is 4.20. The largest absolute Gasteiger partial charge is 0.478 e. The van der Waals surface area contributed by atoms with Crippen molar-refractivity contribution in [2.45, 2.75) is 20.8 Å². The molecule has 94 valence electrons. The molecule has 0 aliphatic rings. The van der Waals surface area contributed by atoms with Crippen molar-refractivity contribution in [3.63, 3.8) is 0 Å². The normalized spacial score (nSPS) is 10.7. The van der Waals surface area contributed by atoms with Gasteiger partial charge in [0.1, 0.15) is 5.82 Å². The highest BCUT2D eigenvalue weighted by Gasteiger charge is 2.18. The molecule has 2 aromatic rings. The smallest absolute Gasteiger partial charge is 0.335 e. The van der Waals surface area contributed by atoms with E-state index < -0.39 is 5.97 Å². The Morgan fingerprint density at radius 3 is 2.50 bits per heavy atom. The number of imidazole rings is 1. The van der Waals surface area contributed by atoms with E-state index in [0.29, 0.717) is 21.8 Å². The van der Waals surface area contributed by atoms with E-state index in [9.17, 15) is 4.79 Å². The molecule has 1 heterocycles. The Morgan fingerprint density at radius 1 is 1.33 bits per heavy atom. The van der Waals surface area contributed by atoms with Gasteiger partial charge in [-0.1, -0.05) is 11.6 Å². The van der Waals surface area contributed by atoms with Crippen LogP contribution in [-0.2, 0) is 0 Å². The number of aromatic nitrogens is 2. The van der Waals surface area contributed by atoms with Crippen molar-refractivity contribution in [1.82, 2.24) is 9.97 Å². The van der Waals surface area contributed by atoms with Crippen LogP contribution in [0.3, 0.4) is 0 Å². The summed E-state index contributed by atoms with van der Waals surface area (Å²) in [5.74, 6) is -0.186. The summed E-state index contributed by atoms with van der Waals surface area (Å²) >= 11 is 6.18. The summed E-state index contributed by atoms with van der Waals surface area (Å²) in [6.07, 6.45) is 0. The topological polar surface area (TPSA) is 66.0 Å². The second kappa shape index (κ2) is 4.46. The van der Waals surface area contributed by atoms with E-state index in [1.807, 2.05) is 13.8 Å². The number of aromatic amines is 1. The van der Waals surface area contributed by atoms with Gasteiger partial charge in [-0.25, -0.2) is 9.78 Å². The molecule has 0 aliphatic heterocycles. The number of carboxylic acids is 1. The van der Waals surface area contributed by atoms with Gasteiger partial charge in [0.25, 0.3) is 0 Å². The summed E-state index contributed by atoms with van der Waals surface area (Å²) in [6.45, 7) is 5.48. The first-order valence-corrected chi connectivity index (χ1v) is 5.85. The van der Waals surface area contributed by atoms with Crippen LogP contribution in [0.1, 0.15) is 27.4 Å². The van der Waals surface area contributed by atoms with Crippen molar-refractivity contribution in [3.05, 3.63) is 39.8 Å². The average Bonchev–Trinajstić information content (AvgIpc) is 2.57. The molecular weight excluding hydrogens is 252 g/mol. The van der Waals surface area contributed by atoms with Crippen molar-refractivity contribution in [1.29, 1.82) is 0 Å².